The Labute approximate surface area is 303 Å². The Kier molecular flexibility index (Phi) is 10.8. The Morgan fingerprint density at radius 1 is 0.885 bits per heavy atom. The molecule has 52 heavy (non-hydrogen) atoms. The van der Waals surface area contributed by atoms with Gasteiger partial charge < -0.3 is 28.4 Å². The van der Waals surface area contributed by atoms with Gasteiger partial charge in [0, 0.05) is 4.57 Å². The Morgan fingerprint density at radius 3 is 2.00 bits per heavy atom. The Balaban J connectivity index is 1.50. The Hall–Kier alpha value is -4.27. The normalized spacial score (nSPS) is 19.9. The molecule has 0 bridgehead atoms. The molecule has 274 valence electrons. The number of hydrogen-bond acceptors (Lipinski definition) is 10. The molecule has 0 amide bonds. The van der Waals surface area contributed by atoms with Crippen LogP contribution in [0.15, 0.2) is 96.3 Å². The minimum absolute atomic E-state index is 0.0501. The summed E-state index contributed by atoms with van der Waals surface area (Å²) in [6, 6.07) is 25.2. The van der Waals surface area contributed by atoms with Crippen molar-refractivity contribution in [3.63, 3.8) is 0 Å². The molecule has 0 spiro atoms. The molecule has 5 aromatic rings. The zero-order chi connectivity index (χ0) is 37.3. The topological polar surface area (TPSA) is 156 Å². The lowest BCUT2D eigenvalue weighted by Crippen LogP contribution is -2.50. The van der Waals surface area contributed by atoms with Crippen LogP contribution in [0.2, 0.25) is 18.1 Å². The number of aromatic nitrogens is 4. The first kappa shape index (κ1) is 37.5. The zero-order valence-corrected chi connectivity index (χ0v) is 32.1. The van der Waals surface area contributed by atoms with Crippen LogP contribution in [0.25, 0.3) is 11.2 Å². The van der Waals surface area contributed by atoms with Crippen LogP contribution in [0.1, 0.15) is 43.7 Å². The van der Waals surface area contributed by atoms with E-state index in [-0.39, 0.29) is 22.8 Å². The molecule has 13 nitrogen and oxygen atoms in total. The van der Waals surface area contributed by atoms with Crippen LogP contribution in [0.5, 0.6) is 11.5 Å². The van der Waals surface area contributed by atoms with Crippen LogP contribution in [0.3, 0.4) is 0 Å². The average Bonchev–Trinajstić information content (AvgIpc) is 3.70. The van der Waals surface area contributed by atoms with Crippen LogP contribution in [0.4, 0.5) is 0 Å². The molecule has 1 unspecified atom stereocenters. The van der Waals surface area contributed by atoms with Gasteiger partial charge in [0.25, 0.3) is 5.56 Å². The summed E-state index contributed by atoms with van der Waals surface area (Å²) in [4.78, 5) is 33.9. The summed E-state index contributed by atoms with van der Waals surface area (Å²) in [6.45, 7) is 10.4. The lowest BCUT2D eigenvalue weighted by molar-refractivity contribution is -0.0926. The first-order chi connectivity index (χ1) is 24.8. The summed E-state index contributed by atoms with van der Waals surface area (Å²) < 4.78 is 51.7. The van der Waals surface area contributed by atoms with E-state index >= 15 is 0 Å². The van der Waals surface area contributed by atoms with Crippen molar-refractivity contribution >= 4 is 27.7 Å². The largest absolute Gasteiger partial charge is 0.695 e. The van der Waals surface area contributed by atoms with E-state index in [1.54, 1.807) is 14.2 Å². The predicted octanol–water partition coefficient (Wildman–Crippen LogP) is 6.47. The lowest BCUT2D eigenvalue weighted by atomic mass is 9.80. The fourth-order valence-electron chi connectivity index (χ4n) is 6.27. The molecule has 1 aliphatic heterocycles. The van der Waals surface area contributed by atoms with Crippen molar-refractivity contribution in [1.29, 1.82) is 0 Å². The second-order valence-electron chi connectivity index (χ2n) is 14.1. The molecule has 0 saturated carbocycles. The highest BCUT2D eigenvalue weighted by Crippen LogP contribution is 2.47. The van der Waals surface area contributed by atoms with Crippen LogP contribution in [0, 0.1) is 0 Å². The van der Waals surface area contributed by atoms with Gasteiger partial charge >= 0.3 is 8.25 Å². The molecular formula is C37H44N4O9PSi+. The summed E-state index contributed by atoms with van der Waals surface area (Å²) in [7, 11) is -2.47. The number of imidazole rings is 1. The Bertz CT molecular complexity index is 2000. The number of nitrogens with zero attached hydrogens (tertiary/aromatic N) is 3. The minimum atomic E-state index is -3.11. The number of fused-ring (bicyclic) bond motifs is 1. The maximum Gasteiger partial charge on any atom is 0.695 e. The summed E-state index contributed by atoms with van der Waals surface area (Å²) >= 11 is 0. The van der Waals surface area contributed by atoms with Crippen molar-refractivity contribution in [3.8, 4) is 11.5 Å². The molecule has 2 N–H and O–H groups in total. The van der Waals surface area contributed by atoms with Gasteiger partial charge in [-0.1, -0.05) is 75.4 Å². The van der Waals surface area contributed by atoms with Gasteiger partial charge in [-0.15, -0.1) is 9.42 Å². The minimum Gasteiger partial charge on any atom is -0.497 e. The summed E-state index contributed by atoms with van der Waals surface area (Å²) in [5.74, 6) is 1.37. The van der Waals surface area contributed by atoms with Crippen LogP contribution in [-0.4, -0.2) is 71.9 Å². The van der Waals surface area contributed by atoms with Gasteiger partial charge in [0.2, 0.25) is 0 Å². The molecule has 2 aromatic heterocycles. The summed E-state index contributed by atoms with van der Waals surface area (Å²) in [6.07, 6.45) is -1.20. The fraction of sp³-hybridized carbons (Fsp3) is 0.378. The van der Waals surface area contributed by atoms with Crippen LogP contribution < -0.4 is 15.0 Å². The van der Waals surface area contributed by atoms with Crippen molar-refractivity contribution in [1.82, 2.24) is 19.5 Å². The quantitative estimate of drug-likeness (QED) is 0.0774. The molecule has 6 rings (SSSR count). The second kappa shape index (κ2) is 15.0. The van der Waals surface area contributed by atoms with E-state index in [0.717, 1.165) is 16.7 Å². The highest BCUT2D eigenvalue weighted by molar-refractivity contribution is 7.32. The maximum absolute atomic E-state index is 12.6. The van der Waals surface area contributed by atoms with Gasteiger partial charge in [0.1, 0.15) is 29.3 Å². The predicted molar refractivity (Wildman–Crippen MR) is 197 cm³/mol. The molecule has 3 aromatic carbocycles. The first-order valence-corrected chi connectivity index (χ1v) is 20.9. The van der Waals surface area contributed by atoms with Crippen LogP contribution in [-0.2, 0) is 28.6 Å². The third-order valence-corrected chi connectivity index (χ3v) is 14.9. The van der Waals surface area contributed by atoms with Gasteiger partial charge in [0.05, 0.1) is 33.5 Å². The molecule has 1 fully saturated rings. The molecule has 5 atom stereocenters. The van der Waals surface area contributed by atoms with E-state index in [2.05, 4.69) is 48.8 Å². The van der Waals surface area contributed by atoms with Gasteiger partial charge in [-0.25, -0.2) is 9.97 Å². The van der Waals surface area contributed by atoms with E-state index in [9.17, 15) is 14.3 Å². The van der Waals surface area contributed by atoms with Gasteiger partial charge in [0.15, 0.2) is 31.8 Å². The molecule has 0 radical (unpaired) electrons. The number of rotatable bonds is 13. The van der Waals surface area contributed by atoms with E-state index in [1.165, 1.54) is 17.2 Å². The third-order valence-electron chi connectivity index (χ3n) is 10.0. The monoisotopic (exact) mass is 747 g/mol. The molecule has 0 aliphatic carbocycles. The number of aromatic amines is 1. The van der Waals surface area contributed by atoms with Crippen molar-refractivity contribution in [3.05, 3.63) is 119 Å². The van der Waals surface area contributed by atoms with E-state index in [1.807, 2.05) is 78.9 Å². The van der Waals surface area contributed by atoms with Gasteiger partial charge in [-0.2, -0.15) is 0 Å². The van der Waals surface area contributed by atoms with Crippen LogP contribution >= 0.6 is 8.25 Å². The van der Waals surface area contributed by atoms with E-state index in [4.69, 9.17) is 27.9 Å². The van der Waals surface area contributed by atoms with Gasteiger partial charge in [-0.05, 0) is 59.1 Å². The maximum atomic E-state index is 12.6. The summed E-state index contributed by atoms with van der Waals surface area (Å²) in [5, 5.41) is -0.237. The molecule has 1 aliphatic rings. The van der Waals surface area contributed by atoms with E-state index < -0.39 is 52.3 Å². The van der Waals surface area contributed by atoms with E-state index in [0.29, 0.717) is 11.5 Å². The highest BCUT2D eigenvalue weighted by Gasteiger charge is 2.56. The fourth-order valence-corrected chi connectivity index (χ4v) is 8.02. The number of ether oxygens (including phenoxy) is 4. The highest BCUT2D eigenvalue weighted by atomic mass is 31.1. The number of nitrogens with one attached hydrogen (secondary N) is 1. The number of hydrogen-bond donors (Lipinski definition) is 2. The Morgan fingerprint density at radius 2 is 1.46 bits per heavy atom. The van der Waals surface area contributed by atoms with Crippen molar-refractivity contribution in [2.24, 2.45) is 0 Å². The number of methoxy groups -OCH3 is 2. The number of benzene rings is 3. The SMILES string of the molecule is COc1ccc(C(OC[C@H]2O[C@@H](n3cnc4c(=O)[nH]cnc43)[C@H](O[P+](=O)O)[C@@H]2O[Si](C)(C)C(C)(C)C)(c2ccccc2)c2ccc(OC)cc2)cc1. The van der Waals surface area contributed by atoms with Gasteiger partial charge in [-0.3, -0.25) is 9.36 Å². The summed E-state index contributed by atoms with van der Waals surface area (Å²) in [5.41, 5.74) is 1.16. The molecule has 3 heterocycles. The lowest BCUT2D eigenvalue weighted by Gasteiger charge is -2.41. The standard InChI is InChI=1S/C37H43N4O9PSi/c1-36(2,3)52(6,7)50-31-29(48-35(32(31)49-51(43)44)41-23-40-30-33(41)38-22-39-34(30)42)21-47-37(24-11-9-8-10-12-24,25-13-17-27(45-4)18-14-25)26-15-19-28(46-5)20-16-26/h8-20,22-23,29,31-32,35H,21H2,1-7H3,(H-,38,39,42,43,44)/p+1/t29-,31-,32-,35-/m1/s1. The molecule has 1 saturated heterocycles. The smallest absolute Gasteiger partial charge is 0.497 e. The second-order valence-corrected chi connectivity index (χ2v) is 19.5. The molecular weight excluding hydrogens is 703 g/mol. The van der Waals surface area contributed by atoms with Crippen molar-refractivity contribution < 1.29 is 37.4 Å². The zero-order valence-electron chi connectivity index (χ0n) is 30.2. The van der Waals surface area contributed by atoms with Crippen molar-refractivity contribution in [2.75, 3.05) is 20.8 Å². The molecule has 15 heteroatoms. The van der Waals surface area contributed by atoms with Crippen molar-refractivity contribution in [2.45, 2.75) is 69.0 Å². The first-order valence-electron chi connectivity index (χ1n) is 16.8. The number of H-pyrrole nitrogens is 1. The average molecular weight is 748 g/mol. The third kappa shape index (κ3) is 7.20.